The van der Waals surface area contributed by atoms with Crippen LogP contribution in [0.5, 0.6) is 0 Å². The Kier molecular flexibility index (Phi) is 10.6. The predicted molar refractivity (Wildman–Crippen MR) is 124 cm³/mol. The maximum atomic E-state index is 12.3. The first-order valence-electron chi connectivity index (χ1n) is 8.96. The van der Waals surface area contributed by atoms with Gasteiger partial charge in [-0.2, -0.15) is 0 Å². The summed E-state index contributed by atoms with van der Waals surface area (Å²) < 4.78 is 37.6. The van der Waals surface area contributed by atoms with E-state index in [2.05, 4.69) is 20.3 Å². The number of guanidine groups is 1. The van der Waals surface area contributed by atoms with E-state index < -0.39 is 10.0 Å². The summed E-state index contributed by atoms with van der Waals surface area (Å²) in [7, 11) is -0.368. The second kappa shape index (κ2) is 12.2. The highest BCUT2D eigenvalue weighted by Gasteiger charge is 2.14. The lowest BCUT2D eigenvalue weighted by Gasteiger charge is -2.16. The number of rotatable bonds is 9. The molecule has 1 unspecified atom stereocenters. The van der Waals surface area contributed by atoms with Crippen LogP contribution < -0.4 is 15.4 Å². The van der Waals surface area contributed by atoms with Crippen LogP contribution in [-0.4, -0.2) is 41.7 Å². The highest BCUT2D eigenvalue weighted by atomic mass is 127. The summed E-state index contributed by atoms with van der Waals surface area (Å²) in [5.74, 6) is 2.26. The molecular weight excluding hydrogens is 507 g/mol. The number of nitrogens with one attached hydrogen (secondary N) is 3. The fourth-order valence-corrected chi connectivity index (χ4v) is 3.61. The normalized spacial score (nSPS) is 12.9. The summed E-state index contributed by atoms with van der Waals surface area (Å²) >= 11 is 0. The second-order valence-corrected chi connectivity index (χ2v) is 8.05. The number of hydrogen-bond acceptors (Lipinski definition) is 5. The Hall–Kier alpha value is -1.63. The van der Waals surface area contributed by atoms with E-state index in [-0.39, 0.29) is 41.5 Å². The Labute approximate surface area is 189 Å². The van der Waals surface area contributed by atoms with E-state index in [4.69, 9.17) is 9.15 Å². The molecule has 1 atom stereocenters. The lowest BCUT2D eigenvalue weighted by Crippen LogP contribution is -2.38. The first-order chi connectivity index (χ1) is 13.4. The summed E-state index contributed by atoms with van der Waals surface area (Å²) in [5.41, 5.74) is 0.819. The number of sulfonamides is 1. The van der Waals surface area contributed by atoms with Gasteiger partial charge < -0.3 is 19.8 Å². The smallest absolute Gasteiger partial charge is 0.240 e. The van der Waals surface area contributed by atoms with Gasteiger partial charge in [0, 0.05) is 27.2 Å². The average Bonchev–Trinajstić information content (AvgIpc) is 3.12. The van der Waals surface area contributed by atoms with E-state index in [9.17, 15) is 8.42 Å². The molecule has 0 spiro atoms. The SMILES string of the molecule is CN=C(NCc1cccc(S(=O)(=O)NCCOC)c1)NC(C)c1ccc(C)o1.I. The lowest BCUT2D eigenvalue weighted by atomic mass is 10.2. The topological polar surface area (TPSA) is 105 Å². The highest BCUT2D eigenvalue weighted by Crippen LogP contribution is 2.15. The minimum atomic E-state index is -3.57. The molecule has 0 amide bonds. The van der Waals surface area contributed by atoms with E-state index in [1.165, 1.54) is 7.11 Å². The van der Waals surface area contributed by atoms with E-state index >= 15 is 0 Å². The maximum absolute atomic E-state index is 12.3. The van der Waals surface area contributed by atoms with Crippen LogP contribution in [0.3, 0.4) is 0 Å². The Morgan fingerprint density at radius 3 is 2.66 bits per heavy atom. The third kappa shape index (κ3) is 7.96. The number of furan rings is 1. The van der Waals surface area contributed by atoms with Crippen LogP contribution in [0, 0.1) is 6.92 Å². The molecule has 0 aliphatic rings. The van der Waals surface area contributed by atoms with Crippen molar-refractivity contribution >= 4 is 40.0 Å². The van der Waals surface area contributed by atoms with Gasteiger partial charge in [-0.25, -0.2) is 13.1 Å². The van der Waals surface area contributed by atoms with Crippen molar-refractivity contribution in [2.45, 2.75) is 31.3 Å². The molecule has 0 aliphatic carbocycles. The molecule has 0 aliphatic heterocycles. The molecule has 1 aromatic carbocycles. The van der Waals surface area contributed by atoms with Crippen molar-refractivity contribution in [2.75, 3.05) is 27.3 Å². The summed E-state index contributed by atoms with van der Waals surface area (Å²) in [6.07, 6.45) is 0. The summed E-state index contributed by atoms with van der Waals surface area (Å²) in [5, 5.41) is 6.43. The zero-order chi connectivity index (χ0) is 20.6. The number of aryl methyl sites for hydroxylation is 1. The van der Waals surface area contributed by atoms with Crippen LogP contribution in [0.25, 0.3) is 0 Å². The predicted octanol–water partition coefficient (Wildman–Crippen LogP) is 2.56. The quantitative estimate of drug-likeness (QED) is 0.197. The van der Waals surface area contributed by atoms with Crippen molar-refractivity contribution in [1.82, 2.24) is 15.4 Å². The van der Waals surface area contributed by atoms with E-state index in [0.717, 1.165) is 17.1 Å². The van der Waals surface area contributed by atoms with Crippen LogP contribution >= 0.6 is 24.0 Å². The van der Waals surface area contributed by atoms with Crippen LogP contribution in [0.4, 0.5) is 0 Å². The molecule has 0 saturated heterocycles. The molecule has 1 aromatic heterocycles. The fourth-order valence-electron chi connectivity index (χ4n) is 2.53. The minimum Gasteiger partial charge on any atom is -0.464 e. The molecule has 0 radical (unpaired) electrons. The molecule has 10 heteroatoms. The molecule has 3 N–H and O–H groups in total. The van der Waals surface area contributed by atoms with Gasteiger partial charge in [-0.05, 0) is 43.7 Å². The number of methoxy groups -OCH3 is 1. The number of hydrogen-bond donors (Lipinski definition) is 3. The largest absolute Gasteiger partial charge is 0.464 e. The number of aliphatic imine (C=N–C) groups is 1. The van der Waals surface area contributed by atoms with Gasteiger partial charge in [0.25, 0.3) is 0 Å². The Morgan fingerprint density at radius 2 is 2.03 bits per heavy atom. The molecule has 2 rings (SSSR count). The Bertz CT molecular complexity index is 899. The van der Waals surface area contributed by atoms with Crippen molar-refractivity contribution in [2.24, 2.45) is 4.99 Å². The Morgan fingerprint density at radius 1 is 1.28 bits per heavy atom. The van der Waals surface area contributed by atoms with Gasteiger partial charge in [-0.3, -0.25) is 4.99 Å². The van der Waals surface area contributed by atoms with E-state index in [1.807, 2.05) is 32.0 Å². The molecular formula is C19H29IN4O4S. The van der Waals surface area contributed by atoms with Crippen molar-refractivity contribution in [3.63, 3.8) is 0 Å². The summed E-state index contributed by atoms with van der Waals surface area (Å²) in [6.45, 7) is 4.83. The van der Waals surface area contributed by atoms with E-state index in [0.29, 0.717) is 19.1 Å². The summed E-state index contributed by atoms with van der Waals surface area (Å²) in [4.78, 5) is 4.42. The Balaban J connectivity index is 0.00000420. The molecule has 162 valence electrons. The molecule has 2 aromatic rings. The van der Waals surface area contributed by atoms with Crippen LogP contribution in [0.1, 0.15) is 30.0 Å². The second-order valence-electron chi connectivity index (χ2n) is 6.28. The van der Waals surface area contributed by atoms with Crippen molar-refractivity contribution < 1.29 is 17.6 Å². The zero-order valence-corrected chi connectivity index (χ0v) is 20.2. The number of halogens is 1. The van der Waals surface area contributed by atoms with Gasteiger partial charge in [-0.15, -0.1) is 24.0 Å². The average molecular weight is 536 g/mol. The van der Waals surface area contributed by atoms with Crippen LogP contribution in [0.15, 0.2) is 50.7 Å². The summed E-state index contributed by atoms with van der Waals surface area (Å²) in [6, 6.07) is 10.5. The zero-order valence-electron chi connectivity index (χ0n) is 17.1. The first-order valence-corrected chi connectivity index (χ1v) is 10.4. The van der Waals surface area contributed by atoms with Gasteiger partial charge in [0.15, 0.2) is 5.96 Å². The maximum Gasteiger partial charge on any atom is 0.240 e. The van der Waals surface area contributed by atoms with Crippen LogP contribution in [0.2, 0.25) is 0 Å². The van der Waals surface area contributed by atoms with Gasteiger partial charge in [-0.1, -0.05) is 12.1 Å². The number of ether oxygens (including phenoxy) is 1. The van der Waals surface area contributed by atoms with Gasteiger partial charge in [0.2, 0.25) is 10.0 Å². The van der Waals surface area contributed by atoms with Gasteiger partial charge in [0.05, 0.1) is 17.5 Å². The van der Waals surface area contributed by atoms with Crippen LogP contribution in [-0.2, 0) is 21.3 Å². The van der Waals surface area contributed by atoms with Gasteiger partial charge in [0.1, 0.15) is 11.5 Å². The fraction of sp³-hybridized carbons (Fsp3) is 0.421. The van der Waals surface area contributed by atoms with Gasteiger partial charge >= 0.3 is 0 Å². The molecule has 0 fully saturated rings. The van der Waals surface area contributed by atoms with Crippen molar-refractivity contribution in [3.05, 3.63) is 53.5 Å². The highest BCUT2D eigenvalue weighted by molar-refractivity contribution is 14.0. The standard InChI is InChI=1S/C19H28N4O4S.HI/c1-14-8-9-18(27-14)15(2)23-19(20-3)21-13-16-6-5-7-17(12-16)28(24,25)22-10-11-26-4;/h5-9,12,15,22H,10-11,13H2,1-4H3,(H2,20,21,23);1H. The third-order valence-corrected chi connectivity index (χ3v) is 5.49. The number of benzene rings is 1. The van der Waals surface area contributed by atoms with E-state index in [1.54, 1.807) is 25.2 Å². The van der Waals surface area contributed by atoms with Crippen molar-refractivity contribution in [1.29, 1.82) is 0 Å². The number of nitrogens with zero attached hydrogens (tertiary/aromatic N) is 1. The lowest BCUT2D eigenvalue weighted by molar-refractivity contribution is 0.204. The molecule has 29 heavy (non-hydrogen) atoms. The minimum absolute atomic E-state index is 0. The molecule has 0 saturated carbocycles. The van der Waals surface area contributed by atoms with Crippen molar-refractivity contribution in [3.8, 4) is 0 Å². The first kappa shape index (κ1) is 25.4. The molecule has 0 bridgehead atoms. The molecule has 8 nitrogen and oxygen atoms in total. The monoisotopic (exact) mass is 536 g/mol. The molecule has 1 heterocycles. The third-order valence-electron chi connectivity index (χ3n) is 4.03.